The lowest BCUT2D eigenvalue weighted by atomic mass is 9.76. The van der Waals surface area contributed by atoms with Crippen LogP contribution in [0.4, 0.5) is 0 Å². The molecule has 2 nitrogen and oxygen atoms in total. The third-order valence-electron chi connectivity index (χ3n) is 3.48. The molecule has 0 fully saturated rings. The van der Waals surface area contributed by atoms with Crippen LogP contribution in [-0.2, 0) is 11.8 Å². The lowest BCUT2D eigenvalue weighted by molar-refractivity contribution is 0.140. The highest BCUT2D eigenvalue weighted by molar-refractivity contribution is 7.10. The molecule has 3 N–H and O–H groups in total. The molecule has 2 aromatic rings. The van der Waals surface area contributed by atoms with E-state index in [2.05, 4.69) is 37.4 Å². The summed E-state index contributed by atoms with van der Waals surface area (Å²) in [4.78, 5) is 1.34. The summed E-state index contributed by atoms with van der Waals surface area (Å²) in [7, 11) is 0. The number of aliphatic hydroxyl groups is 1. The number of hydrogen-bond acceptors (Lipinski definition) is 3. The van der Waals surface area contributed by atoms with Crippen LogP contribution in [0.5, 0.6) is 0 Å². The molecule has 0 aliphatic carbocycles. The second-order valence-corrected chi connectivity index (χ2v) is 6.46. The van der Waals surface area contributed by atoms with Crippen molar-refractivity contribution in [3.8, 4) is 0 Å². The van der Waals surface area contributed by atoms with Gasteiger partial charge in [-0.25, -0.2) is 0 Å². The number of hydrogen-bond donors (Lipinski definition) is 2. The van der Waals surface area contributed by atoms with Gasteiger partial charge >= 0.3 is 0 Å². The van der Waals surface area contributed by atoms with Crippen molar-refractivity contribution in [1.29, 1.82) is 0 Å². The third kappa shape index (κ3) is 3.66. The zero-order valence-electron chi connectivity index (χ0n) is 11.5. The Kier molecular flexibility index (Phi) is 4.40. The van der Waals surface area contributed by atoms with Crippen LogP contribution in [-0.4, -0.2) is 11.3 Å². The number of aryl methyl sites for hydroxylation is 1. The molecule has 1 heterocycles. The second-order valence-electron chi connectivity index (χ2n) is 5.47. The topological polar surface area (TPSA) is 46.2 Å². The van der Waals surface area contributed by atoms with Crippen LogP contribution >= 0.6 is 11.3 Å². The first kappa shape index (κ1) is 14.3. The third-order valence-corrected chi connectivity index (χ3v) is 4.53. The largest absolute Gasteiger partial charge is 0.379 e. The van der Waals surface area contributed by atoms with Crippen LogP contribution in [0, 0.1) is 6.92 Å². The maximum absolute atomic E-state index is 9.61. The quantitative estimate of drug-likeness (QED) is 0.823. The fourth-order valence-corrected chi connectivity index (χ4v) is 3.62. The van der Waals surface area contributed by atoms with Gasteiger partial charge in [-0.2, -0.15) is 0 Å². The Labute approximate surface area is 118 Å². The van der Waals surface area contributed by atoms with Crippen molar-refractivity contribution in [1.82, 2.24) is 0 Å². The minimum Gasteiger partial charge on any atom is -0.379 e. The lowest BCUT2D eigenvalue weighted by Gasteiger charge is -2.31. The molecule has 1 aromatic carbocycles. The van der Waals surface area contributed by atoms with E-state index in [0.717, 1.165) is 6.42 Å². The van der Waals surface area contributed by atoms with Crippen molar-refractivity contribution in [3.05, 3.63) is 57.8 Å². The molecule has 1 aromatic heterocycles. The standard InChI is InChI=1S/C16H21NOS/c1-12-8-14(19-11-12)9-16(2,10-15(17)18)13-6-4-3-5-7-13/h3-8,11,15,18H,9-10,17H2,1-2H3/t15-,16?/m1/s1. The van der Waals surface area contributed by atoms with Gasteiger partial charge in [0.25, 0.3) is 0 Å². The van der Waals surface area contributed by atoms with E-state index in [9.17, 15) is 5.11 Å². The number of nitrogens with two attached hydrogens (primary N) is 1. The fraction of sp³-hybridized carbons (Fsp3) is 0.375. The van der Waals surface area contributed by atoms with Crippen LogP contribution < -0.4 is 5.73 Å². The van der Waals surface area contributed by atoms with Gasteiger partial charge in [0.05, 0.1) is 0 Å². The molecular formula is C16H21NOS. The van der Waals surface area contributed by atoms with Gasteiger partial charge in [0.15, 0.2) is 0 Å². The van der Waals surface area contributed by atoms with Crippen LogP contribution in [0.1, 0.15) is 29.3 Å². The maximum Gasteiger partial charge on any atom is 0.103 e. The highest BCUT2D eigenvalue weighted by atomic mass is 32.1. The summed E-state index contributed by atoms with van der Waals surface area (Å²) in [5.41, 5.74) is 8.02. The van der Waals surface area contributed by atoms with Crippen molar-refractivity contribution < 1.29 is 5.11 Å². The van der Waals surface area contributed by atoms with Gasteiger partial charge in [-0.3, -0.25) is 0 Å². The Morgan fingerprint density at radius 3 is 2.53 bits per heavy atom. The van der Waals surface area contributed by atoms with E-state index >= 15 is 0 Å². The summed E-state index contributed by atoms with van der Waals surface area (Å²) in [6, 6.07) is 12.5. The molecule has 2 rings (SSSR count). The van der Waals surface area contributed by atoms with Crippen LogP contribution in [0.15, 0.2) is 41.8 Å². The normalized spacial score (nSPS) is 16.0. The number of rotatable bonds is 5. The molecule has 2 atom stereocenters. The van der Waals surface area contributed by atoms with Crippen molar-refractivity contribution in [3.63, 3.8) is 0 Å². The molecule has 0 radical (unpaired) electrons. The van der Waals surface area contributed by atoms with Crippen molar-refractivity contribution >= 4 is 11.3 Å². The Bertz CT molecular complexity index is 521. The van der Waals surface area contributed by atoms with Gasteiger partial charge in [0.1, 0.15) is 6.23 Å². The number of thiophene rings is 1. The summed E-state index contributed by atoms with van der Waals surface area (Å²) >= 11 is 1.78. The molecular weight excluding hydrogens is 254 g/mol. The summed E-state index contributed by atoms with van der Waals surface area (Å²) in [6.45, 7) is 4.28. The zero-order valence-corrected chi connectivity index (χ0v) is 12.3. The minimum absolute atomic E-state index is 0.132. The van der Waals surface area contributed by atoms with E-state index in [4.69, 9.17) is 5.73 Å². The molecule has 0 spiro atoms. The summed E-state index contributed by atoms with van der Waals surface area (Å²) in [6.07, 6.45) is 0.684. The first-order valence-electron chi connectivity index (χ1n) is 6.53. The van der Waals surface area contributed by atoms with Crippen LogP contribution in [0.25, 0.3) is 0 Å². The van der Waals surface area contributed by atoms with E-state index < -0.39 is 6.23 Å². The molecule has 0 aliphatic heterocycles. The molecule has 0 bridgehead atoms. The Morgan fingerprint density at radius 1 is 1.32 bits per heavy atom. The fourth-order valence-electron chi connectivity index (χ4n) is 2.56. The molecule has 0 saturated heterocycles. The Balaban J connectivity index is 2.29. The summed E-state index contributed by atoms with van der Waals surface area (Å²) < 4.78 is 0. The summed E-state index contributed by atoms with van der Waals surface area (Å²) in [5, 5.41) is 11.8. The molecule has 102 valence electrons. The smallest absolute Gasteiger partial charge is 0.103 e. The van der Waals surface area contributed by atoms with Gasteiger partial charge in [-0.1, -0.05) is 37.3 Å². The first-order valence-corrected chi connectivity index (χ1v) is 7.41. The van der Waals surface area contributed by atoms with Crippen LogP contribution in [0.3, 0.4) is 0 Å². The molecule has 1 unspecified atom stereocenters. The zero-order chi connectivity index (χ0) is 13.9. The molecule has 0 saturated carbocycles. The average Bonchev–Trinajstić information content (AvgIpc) is 2.74. The molecule has 19 heavy (non-hydrogen) atoms. The van der Waals surface area contributed by atoms with Crippen molar-refractivity contribution in [2.75, 3.05) is 0 Å². The van der Waals surface area contributed by atoms with Gasteiger partial charge in [0, 0.05) is 10.3 Å². The molecule has 3 heteroatoms. The SMILES string of the molecule is Cc1csc(CC(C)(C[C@H](N)O)c2ccccc2)c1. The van der Waals surface area contributed by atoms with Crippen molar-refractivity contribution in [2.24, 2.45) is 5.73 Å². The maximum atomic E-state index is 9.61. The van der Waals surface area contributed by atoms with E-state index in [0.29, 0.717) is 6.42 Å². The number of aliphatic hydroxyl groups excluding tert-OH is 1. The molecule has 0 amide bonds. The highest BCUT2D eigenvalue weighted by Crippen LogP contribution is 2.34. The number of benzene rings is 1. The monoisotopic (exact) mass is 275 g/mol. The van der Waals surface area contributed by atoms with E-state index in [-0.39, 0.29) is 5.41 Å². The van der Waals surface area contributed by atoms with Crippen molar-refractivity contribution in [2.45, 2.75) is 38.3 Å². The van der Waals surface area contributed by atoms with Gasteiger partial charge in [-0.05, 0) is 42.3 Å². The van der Waals surface area contributed by atoms with E-state index in [1.807, 2.05) is 18.2 Å². The predicted octanol–water partition coefficient (Wildman–Crippen LogP) is 3.22. The van der Waals surface area contributed by atoms with E-state index in [1.165, 1.54) is 16.0 Å². The van der Waals surface area contributed by atoms with Crippen LogP contribution in [0.2, 0.25) is 0 Å². The molecule has 0 aliphatic rings. The second kappa shape index (κ2) is 5.87. The Morgan fingerprint density at radius 2 is 2.00 bits per heavy atom. The first-order chi connectivity index (χ1) is 8.99. The van der Waals surface area contributed by atoms with Gasteiger partial charge in [0.2, 0.25) is 0 Å². The van der Waals surface area contributed by atoms with Gasteiger partial charge in [-0.15, -0.1) is 11.3 Å². The lowest BCUT2D eigenvalue weighted by Crippen LogP contribution is -2.34. The summed E-state index contributed by atoms with van der Waals surface area (Å²) in [5.74, 6) is 0. The minimum atomic E-state index is -0.786. The average molecular weight is 275 g/mol. The predicted molar refractivity (Wildman–Crippen MR) is 81.4 cm³/mol. The van der Waals surface area contributed by atoms with Gasteiger partial charge < -0.3 is 10.8 Å². The van der Waals surface area contributed by atoms with E-state index in [1.54, 1.807) is 11.3 Å². The Hall–Kier alpha value is -1.16. The highest BCUT2D eigenvalue weighted by Gasteiger charge is 2.29.